The second-order valence-electron chi connectivity index (χ2n) is 10.5. The molecule has 1 aromatic rings. The molecule has 0 saturated heterocycles. The summed E-state index contributed by atoms with van der Waals surface area (Å²) in [5, 5.41) is 2.77. The minimum absolute atomic E-state index is 0.0418. The van der Waals surface area contributed by atoms with Crippen molar-refractivity contribution in [3.63, 3.8) is 0 Å². The number of nitrogens with one attached hydrogen (secondary N) is 4. The maximum Gasteiger partial charge on any atom is 0.257 e. The lowest BCUT2D eigenvalue weighted by molar-refractivity contribution is -0.131. The van der Waals surface area contributed by atoms with E-state index in [0.717, 1.165) is 30.6 Å². The maximum atomic E-state index is 12.5. The van der Waals surface area contributed by atoms with Crippen molar-refractivity contribution in [2.45, 2.75) is 68.7 Å². The zero-order valence-electron chi connectivity index (χ0n) is 18.2. The first kappa shape index (κ1) is 21.7. The Morgan fingerprint density at radius 2 is 1.50 bits per heavy atom. The van der Waals surface area contributed by atoms with Crippen LogP contribution in [0.3, 0.4) is 0 Å². The summed E-state index contributed by atoms with van der Waals surface area (Å²) in [6.07, 6.45) is 9.83. The first-order chi connectivity index (χ1) is 15.3. The average Bonchev–Trinajstić information content (AvgIpc) is 3.53. The van der Waals surface area contributed by atoms with E-state index in [9.17, 15) is 18.0 Å². The van der Waals surface area contributed by atoms with Gasteiger partial charge in [0.05, 0.1) is 17.1 Å². The fourth-order valence-electron chi connectivity index (χ4n) is 6.48. The van der Waals surface area contributed by atoms with E-state index in [1.807, 2.05) is 0 Å². The van der Waals surface area contributed by atoms with E-state index in [2.05, 4.69) is 20.9 Å². The zero-order valence-corrected chi connectivity index (χ0v) is 19.0. The predicted octanol–water partition coefficient (Wildman–Crippen LogP) is 2.29. The predicted molar refractivity (Wildman–Crippen MR) is 120 cm³/mol. The third kappa shape index (κ3) is 4.93. The normalized spacial score (nSPS) is 30.7. The van der Waals surface area contributed by atoms with Crippen LogP contribution >= 0.6 is 0 Å². The van der Waals surface area contributed by atoms with Gasteiger partial charge in [0.2, 0.25) is 15.9 Å². The van der Waals surface area contributed by atoms with Gasteiger partial charge in [-0.15, -0.1) is 0 Å². The molecule has 0 aliphatic heterocycles. The number of benzene rings is 1. The molecule has 0 radical (unpaired) electrons. The molecular formula is C23H32N4O4S. The Balaban J connectivity index is 1.05. The number of anilines is 1. The van der Waals surface area contributed by atoms with Crippen LogP contribution in [-0.2, 0) is 19.6 Å². The van der Waals surface area contributed by atoms with Crippen LogP contribution in [0.5, 0.6) is 0 Å². The molecule has 5 saturated carbocycles. The van der Waals surface area contributed by atoms with Crippen LogP contribution in [-0.4, -0.2) is 32.8 Å². The number of amides is 2. The summed E-state index contributed by atoms with van der Waals surface area (Å²) in [7, 11) is -3.50. The van der Waals surface area contributed by atoms with Gasteiger partial charge in [-0.25, -0.2) is 13.1 Å². The van der Waals surface area contributed by atoms with Crippen molar-refractivity contribution in [2.24, 2.45) is 23.2 Å². The number of carbonyl (C=O) groups is 2. The lowest BCUT2D eigenvalue weighted by atomic mass is 9.49. The second-order valence-corrected chi connectivity index (χ2v) is 12.2. The lowest BCUT2D eigenvalue weighted by Gasteiger charge is -2.56. The molecule has 8 nitrogen and oxygen atoms in total. The van der Waals surface area contributed by atoms with Crippen molar-refractivity contribution >= 4 is 27.5 Å². The third-order valence-electron chi connectivity index (χ3n) is 7.56. The van der Waals surface area contributed by atoms with Gasteiger partial charge >= 0.3 is 0 Å². The number of hydrazine groups is 1. The van der Waals surface area contributed by atoms with Crippen molar-refractivity contribution in [3.8, 4) is 0 Å². The first-order valence-corrected chi connectivity index (χ1v) is 13.2. The molecular weight excluding hydrogens is 428 g/mol. The van der Waals surface area contributed by atoms with Gasteiger partial charge < -0.3 is 5.32 Å². The molecule has 6 rings (SSSR count). The van der Waals surface area contributed by atoms with Crippen LogP contribution in [0.15, 0.2) is 29.2 Å². The molecule has 2 amide bonds. The van der Waals surface area contributed by atoms with Gasteiger partial charge in [0.25, 0.3) is 5.91 Å². The van der Waals surface area contributed by atoms with E-state index < -0.39 is 10.0 Å². The Labute approximate surface area is 189 Å². The van der Waals surface area contributed by atoms with E-state index in [-0.39, 0.29) is 34.7 Å². The first-order valence-electron chi connectivity index (χ1n) is 11.7. The van der Waals surface area contributed by atoms with Gasteiger partial charge in [-0.3, -0.25) is 20.4 Å². The molecule has 0 aromatic heterocycles. The highest BCUT2D eigenvalue weighted by atomic mass is 32.2. The minimum Gasteiger partial charge on any atom is -0.347 e. The highest BCUT2D eigenvalue weighted by Gasteiger charge is 2.51. The minimum atomic E-state index is -3.50. The van der Waals surface area contributed by atoms with E-state index in [0.29, 0.717) is 12.1 Å². The van der Waals surface area contributed by atoms with E-state index >= 15 is 0 Å². The second kappa shape index (κ2) is 8.33. The molecule has 1 aromatic carbocycles. The highest BCUT2D eigenvalue weighted by molar-refractivity contribution is 7.89. The summed E-state index contributed by atoms with van der Waals surface area (Å²) in [5.41, 5.74) is 6.02. The van der Waals surface area contributed by atoms with Crippen LogP contribution in [0.4, 0.5) is 5.69 Å². The van der Waals surface area contributed by atoms with Crippen LogP contribution in [0.1, 0.15) is 57.8 Å². The van der Waals surface area contributed by atoms with Gasteiger partial charge in [-0.1, -0.05) is 0 Å². The summed E-state index contributed by atoms with van der Waals surface area (Å²) < 4.78 is 27.0. The standard InChI is InChI=1S/C23H32N4O4S/c28-21(13-23-10-15-7-16(11-23)9-17(8-15)12-23)24-14-22(29)26-25-18-3-5-20(6-4-18)32(30,31)27-19-1-2-19/h3-6,15-17,19,25,27H,1-2,7-14H2,(H,24,28)(H,26,29). The number of rotatable bonds is 9. The Bertz CT molecular complexity index is 952. The van der Waals surface area contributed by atoms with Crippen molar-refractivity contribution in [1.29, 1.82) is 0 Å². The largest absolute Gasteiger partial charge is 0.347 e. The Morgan fingerprint density at radius 1 is 0.906 bits per heavy atom. The topological polar surface area (TPSA) is 116 Å². The molecule has 9 heteroatoms. The molecule has 32 heavy (non-hydrogen) atoms. The molecule has 4 N–H and O–H groups in total. The SMILES string of the molecule is O=C(CC12CC3CC(CC(C3)C1)C2)NCC(=O)NNc1ccc(S(=O)(=O)NC2CC2)cc1. The lowest BCUT2D eigenvalue weighted by Crippen LogP contribution is -2.48. The number of carbonyl (C=O) groups excluding carboxylic acids is 2. The monoisotopic (exact) mass is 460 g/mol. The van der Waals surface area contributed by atoms with Crippen LogP contribution in [0.25, 0.3) is 0 Å². The number of sulfonamides is 1. The summed E-state index contributed by atoms with van der Waals surface area (Å²) in [4.78, 5) is 24.9. The highest BCUT2D eigenvalue weighted by Crippen LogP contribution is 2.61. The maximum absolute atomic E-state index is 12.5. The summed E-state index contributed by atoms with van der Waals surface area (Å²) >= 11 is 0. The van der Waals surface area contributed by atoms with Crippen molar-refractivity contribution in [3.05, 3.63) is 24.3 Å². The Kier molecular flexibility index (Phi) is 5.65. The molecule has 5 aliphatic carbocycles. The van der Waals surface area contributed by atoms with Crippen LogP contribution < -0.4 is 20.9 Å². The molecule has 0 spiro atoms. The van der Waals surface area contributed by atoms with E-state index in [1.165, 1.54) is 50.7 Å². The third-order valence-corrected chi connectivity index (χ3v) is 9.09. The molecule has 0 atom stereocenters. The molecule has 0 unspecified atom stereocenters. The van der Waals surface area contributed by atoms with Crippen molar-refractivity contribution in [1.82, 2.24) is 15.5 Å². The van der Waals surface area contributed by atoms with Crippen LogP contribution in [0, 0.1) is 23.2 Å². The Morgan fingerprint density at radius 3 is 2.06 bits per heavy atom. The molecule has 0 heterocycles. The fourth-order valence-corrected chi connectivity index (χ4v) is 7.79. The van der Waals surface area contributed by atoms with Gasteiger partial charge in [0.15, 0.2) is 0 Å². The van der Waals surface area contributed by atoms with Crippen LogP contribution in [0.2, 0.25) is 0 Å². The number of hydrogen-bond acceptors (Lipinski definition) is 5. The van der Waals surface area contributed by atoms with Gasteiger partial charge in [0, 0.05) is 12.5 Å². The van der Waals surface area contributed by atoms with Gasteiger partial charge in [-0.05, 0) is 98.8 Å². The summed E-state index contributed by atoms with van der Waals surface area (Å²) in [6, 6.07) is 6.22. The summed E-state index contributed by atoms with van der Waals surface area (Å²) in [6.45, 7) is -0.0873. The molecule has 4 bridgehead atoms. The van der Waals surface area contributed by atoms with E-state index in [1.54, 1.807) is 12.1 Å². The number of hydrogen-bond donors (Lipinski definition) is 4. The zero-order chi connectivity index (χ0) is 22.3. The molecule has 5 fully saturated rings. The van der Waals surface area contributed by atoms with Crippen molar-refractivity contribution < 1.29 is 18.0 Å². The molecule has 5 aliphatic rings. The molecule has 174 valence electrons. The summed E-state index contributed by atoms with van der Waals surface area (Å²) in [5.74, 6) is 2.00. The fraction of sp³-hybridized carbons (Fsp3) is 0.652. The van der Waals surface area contributed by atoms with Crippen molar-refractivity contribution in [2.75, 3.05) is 12.0 Å². The average molecular weight is 461 g/mol. The quantitative estimate of drug-likeness (QED) is 0.422. The van der Waals surface area contributed by atoms with Gasteiger partial charge in [0.1, 0.15) is 0 Å². The smallest absolute Gasteiger partial charge is 0.257 e. The van der Waals surface area contributed by atoms with E-state index in [4.69, 9.17) is 0 Å². The Hall–Kier alpha value is -2.13. The van der Waals surface area contributed by atoms with Gasteiger partial charge in [-0.2, -0.15) is 0 Å².